The van der Waals surface area contributed by atoms with Gasteiger partial charge in [-0.05, 0) is 50.5 Å². The third-order valence-corrected chi connectivity index (χ3v) is 5.11. The van der Waals surface area contributed by atoms with Gasteiger partial charge in [0.25, 0.3) is 0 Å². The van der Waals surface area contributed by atoms with Gasteiger partial charge in [-0.3, -0.25) is 4.79 Å². The second-order valence-electron chi connectivity index (χ2n) is 4.81. The molecule has 1 fully saturated rings. The molecule has 1 aliphatic carbocycles. The van der Waals surface area contributed by atoms with Crippen LogP contribution in [0.5, 0.6) is 0 Å². The minimum atomic E-state index is -0.789. The minimum absolute atomic E-state index is 0.256. The zero-order chi connectivity index (χ0) is 13.9. The van der Waals surface area contributed by atoms with Gasteiger partial charge in [0.2, 0.25) is 0 Å². The zero-order valence-corrected chi connectivity index (χ0v) is 13.3. The largest absolute Gasteiger partial charge is 0.465 e. The molecule has 0 radical (unpaired) electrons. The van der Waals surface area contributed by atoms with Crippen molar-refractivity contribution in [1.82, 2.24) is 0 Å². The van der Waals surface area contributed by atoms with Gasteiger partial charge in [-0.1, -0.05) is 15.9 Å². The van der Waals surface area contributed by atoms with Crippen molar-refractivity contribution >= 4 is 33.7 Å². The number of hydrogen-bond donors (Lipinski definition) is 1. The van der Waals surface area contributed by atoms with E-state index in [9.17, 15) is 4.79 Å². The molecule has 5 heteroatoms. The first kappa shape index (κ1) is 14.9. The van der Waals surface area contributed by atoms with Gasteiger partial charge in [0.05, 0.1) is 6.61 Å². The number of hydrogen-bond acceptors (Lipinski definition) is 4. The number of esters is 1. The highest BCUT2D eigenvalue weighted by atomic mass is 79.9. The normalized spacial score (nSPS) is 26.4. The molecule has 2 unspecified atom stereocenters. The van der Waals surface area contributed by atoms with Crippen LogP contribution >= 0.6 is 27.7 Å². The number of nitrogens with two attached hydrogens (primary N) is 1. The zero-order valence-electron chi connectivity index (χ0n) is 10.9. The molecular weight excluding hydrogens is 326 g/mol. The van der Waals surface area contributed by atoms with Crippen LogP contribution in [0.15, 0.2) is 33.6 Å². The summed E-state index contributed by atoms with van der Waals surface area (Å²) in [6.45, 7) is 2.20. The van der Waals surface area contributed by atoms with E-state index in [-0.39, 0.29) is 5.97 Å². The lowest BCUT2D eigenvalue weighted by molar-refractivity contribution is -0.149. The Morgan fingerprint density at radius 2 is 2.21 bits per heavy atom. The topological polar surface area (TPSA) is 52.3 Å². The maximum absolute atomic E-state index is 11.8. The summed E-state index contributed by atoms with van der Waals surface area (Å²) in [6.07, 6.45) is 2.35. The smallest absolute Gasteiger partial charge is 0.326 e. The Bertz CT molecular complexity index is 451. The second kappa shape index (κ2) is 6.29. The van der Waals surface area contributed by atoms with Gasteiger partial charge >= 0.3 is 5.97 Å². The van der Waals surface area contributed by atoms with Crippen molar-refractivity contribution in [3.05, 3.63) is 28.7 Å². The molecule has 19 heavy (non-hydrogen) atoms. The quantitative estimate of drug-likeness (QED) is 0.851. The fourth-order valence-electron chi connectivity index (χ4n) is 2.30. The molecule has 1 saturated carbocycles. The molecule has 0 amide bonds. The summed E-state index contributed by atoms with van der Waals surface area (Å²) < 4.78 is 6.14. The van der Waals surface area contributed by atoms with Crippen molar-refractivity contribution in [2.45, 2.75) is 41.9 Å². The Labute approximate surface area is 126 Å². The summed E-state index contributed by atoms with van der Waals surface area (Å²) in [7, 11) is 0. The summed E-state index contributed by atoms with van der Waals surface area (Å²) >= 11 is 5.21. The van der Waals surface area contributed by atoms with Crippen molar-refractivity contribution in [1.29, 1.82) is 0 Å². The predicted molar refractivity (Wildman–Crippen MR) is 81.2 cm³/mol. The summed E-state index contributed by atoms with van der Waals surface area (Å²) in [5.41, 5.74) is 5.37. The summed E-state index contributed by atoms with van der Waals surface area (Å²) in [4.78, 5) is 13.1. The molecule has 0 spiro atoms. The Kier molecular flexibility index (Phi) is 4.92. The van der Waals surface area contributed by atoms with E-state index < -0.39 is 5.54 Å². The molecule has 0 aromatic heterocycles. The van der Waals surface area contributed by atoms with E-state index in [1.165, 1.54) is 4.90 Å². The lowest BCUT2D eigenvalue weighted by Crippen LogP contribution is -2.47. The highest BCUT2D eigenvalue weighted by molar-refractivity contribution is 9.10. The van der Waals surface area contributed by atoms with Gasteiger partial charge in [0, 0.05) is 14.6 Å². The number of ether oxygens (including phenoxy) is 1. The highest BCUT2D eigenvalue weighted by Crippen LogP contribution is 2.39. The molecule has 0 aliphatic heterocycles. The summed E-state index contributed by atoms with van der Waals surface area (Å²) in [6, 6.07) is 8.21. The first-order valence-corrected chi connectivity index (χ1v) is 8.09. The molecule has 2 N–H and O–H groups in total. The van der Waals surface area contributed by atoms with E-state index in [4.69, 9.17) is 10.5 Å². The van der Waals surface area contributed by atoms with Crippen LogP contribution in [0.2, 0.25) is 0 Å². The predicted octanol–water partition coefficient (Wildman–Crippen LogP) is 3.35. The summed E-state index contributed by atoms with van der Waals surface area (Å²) in [5.74, 6) is -0.256. The van der Waals surface area contributed by atoms with Crippen LogP contribution < -0.4 is 5.73 Å². The number of benzene rings is 1. The van der Waals surface area contributed by atoms with Crippen molar-refractivity contribution in [3.8, 4) is 0 Å². The average Bonchev–Trinajstić information content (AvgIpc) is 2.76. The molecular formula is C14H18BrNO2S. The molecule has 1 aromatic rings. The molecule has 2 atom stereocenters. The third-order valence-electron chi connectivity index (χ3n) is 3.30. The summed E-state index contributed by atoms with van der Waals surface area (Å²) in [5, 5.41) is 0.385. The van der Waals surface area contributed by atoms with Crippen molar-refractivity contribution in [3.63, 3.8) is 0 Å². The monoisotopic (exact) mass is 343 g/mol. The minimum Gasteiger partial charge on any atom is -0.465 e. The number of thioether (sulfide) groups is 1. The van der Waals surface area contributed by atoms with E-state index >= 15 is 0 Å². The van der Waals surface area contributed by atoms with Crippen molar-refractivity contribution in [2.75, 3.05) is 6.61 Å². The van der Waals surface area contributed by atoms with E-state index in [1.54, 1.807) is 11.8 Å². The fourth-order valence-corrected chi connectivity index (χ4v) is 3.85. The van der Waals surface area contributed by atoms with Crippen LogP contribution in [-0.4, -0.2) is 23.4 Å². The van der Waals surface area contributed by atoms with Crippen LogP contribution in [0.3, 0.4) is 0 Å². The van der Waals surface area contributed by atoms with Crippen LogP contribution in [0.1, 0.15) is 26.2 Å². The maximum atomic E-state index is 11.8. The Balaban J connectivity index is 1.94. The van der Waals surface area contributed by atoms with E-state index in [0.717, 1.165) is 10.9 Å². The van der Waals surface area contributed by atoms with Crippen LogP contribution in [-0.2, 0) is 9.53 Å². The fraction of sp³-hybridized carbons (Fsp3) is 0.500. The standard InChI is InChI=1S/C14H18BrNO2S/c1-2-18-13(17)14(16)8-7-12(9-14)19-11-5-3-10(15)4-6-11/h3-6,12H,2,7-9,16H2,1H3. The van der Waals surface area contributed by atoms with E-state index in [1.807, 2.05) is 19.1 Å². The maximum Gasteiger partial charge on any atom is 0.326 e. The van der Waals surface area contributed by atoms with Crippen LogP contribution in [0.4, 0.5) is 0 Å². The first-order chi connectivity index (χ1) is 9.03. The third kappa shape index (κ3) is 3.74. The lowest BCUT2D eigenvalue weighted by atomic mass is 10.00. The second-order valence-corrected chi connectivity index (χ2v) is 7.10. The van der Waals surface area contributed by atoms with Gasteiger partial charge in [-0.2, -0.15) is 0 Å². The van der Waals surface area contributed by atoms with Gasteiger partial charge < -0.3 is 10.5 Å². The Morgan fingerprint density at radius 1 is 1.53 bits per heavy atom. The molecule has 0 bridgehead atoms. The SMILES string of the molecule is CCOC(=O)C1(N)CCC(Sc2ccc(Br)cc2)C1. The Morgan fingerprint density at radius 3 is 2.84 bits per heavy atom. The highest BCUT2D eigenvalue weighted by Gasteiger charge is 2.43. The van der Waals surface area contributed by atoms with Crippen LogP contribution in [0, 0.1) is 0 Å². The van der Waals surface area contributed by atoms with Gasteiger partial charge in [-0.15, -0.1) is 11.8 Å². The Hall–Kier alpha value is -0.520. The van der Waals surface area contributed by atoms with E-state index in [0.29, 0.717) is 24.7 Å². The van der Waals surface area contributed by atoms with Crippen molar-refractivity contribution in [2.24, 2.45) is 5.73 Å². The average molecular weight is 344 g/mol. The van der Waals surface area contributed by atoms with Crippen LogP contribution in [0.25, 0.3) is 0 Å². The number of halogens is 1. The molecule has 104 valence electrons. The van der Waals surface area contributed by atoms with E-state index in [2.05, 4.69) is 28.1 Å². The van der Waals surface area contributed by atoms with Crippen molar-refractivity contribution < 1.29 is 9.53 Å². The van der Waals surface area contributed by atoms with Gasteiger partial charge in [0.1, 0.15) is 5.54 Å². The molecule has 0 saturated heterocycles. The molecule has 2 rings (SSSR count). The number of carbonyl (C=O) groups excluding carboxylic acids is 1. The molecule has 3 nitrogen and oxygen atoms in total. The van der Waals surface area contributed by atoms with Gasteiger partial charge in [0.15, 0.2) is 0 Å². The number of carbonyl (C=O) groups is 1. The number of rotatable bonds is 4. The van der Waals surface area contributed by atoms with Gasteiger partial charge in [-0.25, -0.2) is 0 Å². The molecule has 1 aliphatic rings. The first-order valence-electron chi connectivity index (χ1n) is 6.42. The molecule has 1 aromatic carbocycles. The lowest BCUT2D eigenvalue weighted by Gasteiger charge is -2.21. The molecule has 0 heterocycles.